The van der Waals surface area contributed by atoms with E-state index in [9.17, 15) is 8.42 Å². The lowest BCUT2D eigenvalue weighted by Gasteiger charge is -1.83. The summed E-state index contributed by atoms with van der Waals surface area (Å²) in [6.07, 6.45) is 0. The van der Waals surface area contributed by atoms with Crippen molar-refractivity contribution in [3.63, 3.8) is 0 Å². The van der Waals surface area contributed by atoms with Crippen LogP contribution < -0.4 is 0 Å². The first-order valence-electron chi connectivity index (χ1n) is 2.72. The normalized spacial score (nSPS) is 11.6. The molecule has 0 spiro atoms. The van der Waals surface area contributed by atoms with Crippen molar-refractivity contribution >= 4 is 60.7 Å². The lowest BCUT2D eigenvalue weighted by Crippen LogP contribution is -1.84. The Kier molecular flexibility index (Phi) is 5.71. The Bertz CT molecular complexity index is 452. The summed E-state index contributed by atoms with van der Waals surface area (Å²) < 4.78 is 39.3. The number of hydrogen-bond acceptors (Lipinski definition) is 5. The van der Waals surface area contributed by atoms with Crippen molar-refractivity contribution in [3.8, 4) is 0 Å². The largest absolute Gasteiger partial charge is 0.317 e. The molecule has 1 rings (SSSR count). The monoisotopic (exact) mass is 316 g/mol. The average molecular weight is 318 g/mol. The van der Waals surface area contributed by atoms with Gasteiger partial charge < -0.3 is 0 Å². The minimum Gasteiger partial charge on any atom is -0.207 e. The van der Waals surface area contributed by atoms with Gasteiger partial charge in [0.1, 0.15) is 0 Å². The minimum absolute atomic E-state index is 0.175. The third-order valence-electron chi connectivity index (χ3n) is 0.777. The molecule has 0 radical (unpaired) electrons. The highest BCUT2D eigenvalue weighted by Crippen LogP contribution is 2.16. The maximum Gasteiger partial charge on any atom is 0.317 e. The topological polar surface area (TPSA) is 68.3 Å². The molecule has 0 fully saturated rings. The van der Waals surface area contributed by atoms with E-state index in [0.29, 0.717) is 0 Å². The number of halogens is 3. The Labute approximate surface area is 98.7 Å². The first kappa shape index (κ1) is 14.5. The fraction of sp³-hybridized carbons (Fsp3) is 0. The van der Waals surface area contributed by atoms with E-state index in [2.05, 4.69) is 21.4 Å². The van der Waals surface area contributed by atoms with Crippen molar-refractivity contribution in [1.29, 1.82) is 0 Å². The van der Waals surface area contributed by atoms with Gasteiger partial charge in [-0.1, -0.05) is 0 Å². The lowest BCUT2D eigenvalue weighted by atomic mass is 10.7. The smallest absolute Gasteiger partial charge is 0.207 e. The number of hydrogen-bond donors (Lipinski definition) is 0. The highest BCUT2D eigenvalue weighted by atomic mass is 36.0. The van der Waals surface area contributed by atoms with Gasteiger partial charge in [0, 0.05) is 37.4 Å². The molecule has 0 amide bonds. The number of thiophene rings is 1. The predicted octanol–water partition coefficient (Wildman–Crippen LogP) is 2.38. The van der Waals surface area contributed by atoms with Crippen LogP contribution >= 0.6 is 43.4 Å². The molecule has 0 saturated carbocycles. The highest BCUT2D eigenvalue weighted by molar-refractivity contribution is 8.31. The number of rotatable bonds is 1. The van der Waals surface area contributed by atoms with Crippen molar-refractivity contribution in [3.05, 3.63) is 16.8 Å². The van der Waals surface area contributed by atoms with Crippen LogP contribution in [0.4, 0.5) is 0 Å². The maximum absolute atomic E-state index is 10.5. The van der Waals surface area contributed by atoms with Gasteiger partial charge in [-0.05, 0) is 11.4 Å². The van der Waals surface area contributed by atoms with Gasteiger partial charge in [0.15, 0.2) is 0 Å². The molecule has 0 aliphatic carbocycles. The Morgan fingerprint density at radius 2 is 1.50 bits per heavy atom. The second-order valence-corrected chi connectivity index (χ2v) is 8.79. The highest BCUT2D eigenvalue weighted by Gasteiger charge is 2.07. The van der Waals surface area contributed by atoms with Crippen LogP contribution in [0.15, 0.2) is 21.7 Å². The van der Waals surface area contributed by atoms with E-state index in [1.807, 2.05) is 0 Å². The van der Waals surface area contributed by atoms with Crippen LogP contribution in [0, 0.1) is 0 Å². The maximum atomic E-state index is 10.5. The summed E-state index contributed by atoms with van der Waals surface area (Å²) in [5, 5.41) is 3.15. The van der Waals surface area contributed by atoms with Crippen LogP contribution in [0.5, 0.6) is 0 Å². The van der Waals surface area contributed by atoms with E-state index < -0.39 is 17.3 Å². The third-order valence-corrected chi connectivity index (χ3v) is 2.96. The van der Waals surface area contributed by atoms with Crippen LogP contribution in [0.3, 0.4) is 0 Å². The molecule has 0 atom stereocenters. The second-order valence-electron chi connectivity index (χ2n) is 1.78. The summed E-state index contributed by atoms with van der Waals surface area (Å²) in [4.78, 5) is 0.175. The summed E-state index contributed by atoms with van der Waals surface area (Å²) in [6.45, 7) is 0. The van der Waals surface area contributed by atoms with E-state index in [0.717, 1.165) is 0 Å². The van der Waals surface area contributed by atoms with Crippen molar-refractivity contribution in [1.82, 2.24) is 0 Å². The van der Waals surface area contributed by atoms with Crippen molar-refractivity contribution in [2.24, 2.45) is 0 Å². The van der Waals surface area contributed by atoms with E-state index in [-0.39, 0.29) is 4.90 Å². The SMILES string of the molecule is O=S(=O)(Cl)Cl.O=S(=O)(Cl)c1ccsc1. The Balaban J connectivity index is 0.000000292. The van der Waals surface area contributed by atoms with E-state index >= 15 is 0 Å². The standard InChI is InChI=1S/C4H3ClO2S2.Cl2O2S/c5-9(6,7)4-1-2-8-3-4;1-5(2,3)4/h1-3H;. The fourth-order valence-electron chi connectivity index (χ4n) is 0.391. The van der Waals surface area contributed by atoms with Gasteiger partial charge in [0.25, 0.3) is 9.05 Å². The average Bonchev–Trinajstić information content (AvgIpc) is 2.28. The quantitative estimate of drug-likeness (QED) is 0.746. The molecular weight excluding hydrogens is 315 g/mol. The van der Waals surface area contributed by atoms with Crippen LogP contribution in [-0.2, 0) is 17.3 Å². The van der Waals surface area contributed by atoms with Gasteiger partial charge in [-0.25, -0.2) is 8.42 Å². The molecule has 1 aromatic heterocycles. The van der Waals surface area contributed by atoms with Crippen LogP contribution in [-0.4, -0.2) is 16.8 Å². The molecule has 4 nitrogen and oxygen atoms in total. The predicted molar refractivity (Wildman–Crippen MR) is 58.0 cm³/mol. The Morgan fingerprint density at radius 3 is 1.64 bits per heavy atom. The van der Waals surface area contributed by atoms with Crippen molar-refractivity contribution < 1.29 is 16.8 Å². The lowest BCUT2D eigenvalue weighted by molar-refractivity contribution is 0.609. The molecule has 0 N–H and O–H groups in total. The zero-order valence-electron chi connectivity index (χ0n) is 6.22. The van der Waals surface area contributed by atoms with Crippen LogP contribution in [0.1, 0.15) is 0 Å². The van der Waals surface area contributed by atoms with Gasteiger partial charge in [0.05, 0.1) is 4.90 Å². The Morgan fingerprint density at radius 1 is 1.07 bits per heavy atom. The molecule has 0 unspecified atom stereocenters. The molecule has 14 heavy (non-hydrogen) atoms. The summed E-state index contributed by atoms with van der Waals surface area (Å²) >= 11 is 1.30. The van der Waals surface area contributed by atoms with Gasteiger partial charge in [-0.3, -0.25) is 0 Å². The summed E-state index contributed by atoms with van der Waals surface area (Å²) in [5.41, 5.74) is 0. The molecule has 10 heteroatoms. The third kappa shape index (κ3) is 9.04. The molecule has 1 heterocycles. The van der Waals surface area contributed by atoms with E-state index in [1.165, 1.54) is 22.8 Å². The van der Waals surface area contributed by atoms with Crippen LogP contribution in [0.25, 0.3) is 0 Å². The summed E-state index contributed by atoms with van der Waals surface area (Å²) in [5.74, 6) is 0. The molecule has 0 aliphatic rings. The van der Waals surface area contributed by atoms with Gasteiger partial charge in [0.2, 0.25) is 0 Å². The van der Waals surface area contributed by atoms with Crippen molar-refractivity contribution in [2.75, 3.05) is 0 Å². The zero-order valence-corrected chi connectivity index (χ0v) is 10.9. The Hall–Kier alpha value is 0.470. The van der Waals surface area contributed by atoms with Gasteiger partial charge >= 0.3 is 8.26 Å². The first-order chi connectivity index (χ1) is 6.11. The van der Waals surface area contributed by atoms with Crippen molar-refractivity contribution in [2.45, 2.75) is 4.90 Å². The van der Waals surface area contributed by atoms with E-state index in [4.69, 9.17) is 19.1 Å². The second kappa shape index (κ2) is 5.53. The first-order valence-corrected chi connectivity index (χ1v) is 9.10. The van der Waals surface area contributed by atoms with Gasteiger partial charge in [-0.15, -0.1) is 0 Å². The van der Waals surface area contributed by atoms with Crippen LogP contribution in [0.2, 0.25) is 0 Å². The zero-order chi connectivity index (χ0) is 11.4. The molecule has 0 aliphatic heterocycles. The molecule has 0 bridgehead atoms. The summed E-state index contributed by atoms with van der Waals surface area (Å²) in [7, 11) is 6.32. The molecule has 0 aromatic carbocycles. The van der Waals surface area contributed by atoms with Gasteiger partial charge in [-0.2, -0.15) is 19.8 Å². The molecule has 1 aromatic rings. The molecular formula is C4H3Cl3O4S3. The summed E-state index contributed by atoms with van der Waals surface area (Å²) in [6, 6.07) is 1.47. The minimum atomic E-state index is -3.72. The molecule has 82 valence electrons. The molecule has 0 saturated heterocycles. The van der Waals surface area contributed by atoms with E-state index in [1.54, 1.807) is 5.38 Å². The fourth-order valence-corrected chi connectivity index (χ4v) is 2.33.